The maximum absolute atomic E-state index is 4.56. The van der Waals surface area contributed by atoms with Crippen molar-refractivity contribution in [3.05, 3.63) is 277 Å². The summed E-state index contributed by atoms with van der Waals surface area (Å²) in [5, 5.41) is 35.5. The molecule has 0 saturated heterocycles. The summed E-state index contributed by atoms with van der Waals surface area (Å²) in [6.45, 7) is 9.12. The molecule has 8 aromatic carbocycles. The van der Waals surface area contributed by atoms with Crippen LogP contribution >= 0.6 is 11.3 Å². The molecule has 3 radical (unpaired) electrons. The van der Waals surface area contributed by atoms with Crippen LogP contribution in [0.3, 0.4) is 0 Å². The Hall–Kier alpha value is -8.26. The molecule has 16 rings (SSSR count). The second-order valence-electron chi connectivity index (χ2n) is 22.1. The number of fused-ring (bicyclic) bond motifs is 6. The number of tetrazole rings is 1. The Balaban J connectivity index is 0.000000142. The molecule has 0 saturated carbocycles. The first-order valence-corrected chi connectivity index (χ1v) is 29.2. The minimum atomic E-state index is 0. The van der Waals surface area contributed by atoms with Crippen molar-refractivity contribution in [1.82, 2.24) is 65.3 Å². The van der Waals surface area contributed by atoms with Gasteiger partial charge in [-0.2, -0.15) is 25.1 Å². The van der Waals surface area contributed by atoms with Crippen molar-refractivity contribution in [2.75, 3.05) is 0 Å². The van der Waals surface area contributed by atoms with Gasteiger partial charge in [0.2, 0.25) is 0 Å². The number of hydrogen-bond donors (Lipinski definition) is 1. The van der Waals surface area contributed by atoms with Crippen LogP contribution in [0.25, 0.3) is 101 Å². The monoisotopic (exact) mass is 1920 g/mol. The Morgan fingerprint density at radius 1 is 0.505 bits per heavy atom. The van der Waals surface area contributed by atoms with Crippen molar-refractivity contribution < 1.29 is 86.1 Å². The van der Waals surface area contributed by atoms with Crippen LogP contribution in [0.4, 0.5) is 0 Å². The number of H-pyrrole nitrogens is 1. The topological polar surface area (TPSA) is 150 Å². The minimum Gasteiger partial charge on any atom is -0.265 e. The molecule has 19 heteroatoms. The number of para-hydroxylation sites is 1. The van der Waals surface area contributed by atoms with Crippen LogP contribution in [-0.4, -0.2) is 65.3 Å². The van der Waals surface area contributed by atoms with E-state index in [4.69, 9.17) is 0 Å². The van der Waals surface area contributed by atoms with Gasteiger partial charge in [0.1, 0.15) is 23.3 Å². The Morgan fingerprint density at radius 2 is 1.10 bits per heavy atom. The molecular weight excluding hydrogens is 1860 g/mol. The van der Waals surface area contributed by atoms with E-state index >= 15 is 0 Å². The number of aromatic amines is 1. The number of rotatable bonds is 8. The van der Waals surface area contributed by atoms with Gasteiger partial charge in [-0.3, -0.25) is 14.6 Å². The van der Waals surface area contributed by atoms with Crippen LogP contribution in [0.1, 0.15) is 49.9 Å². The number of aromatic nitrogens is 14. The SMILES string of the molecule is C[n+]1cc(-c2[c-]cc3c(c2)C(C)(C)c2ccccc2-3)n[nH]1.Cn1cc(-c2[c-]cc3c(c2)C(C)(C)c2ccccc2-3)nn1.[Ir].[Ir].[Ir].[Pt].[c-]1ccc(-c2ccccc2)cc1-c1ncn(-c2ccccc2)n1.[c-]1ccc(-c2ccccn2)cc1-c1nnn(-c2cccs2)n1. The molecule has 0 spiro atoms. The molecule has 0 fully saturated rings. The van der Waals surface area contributed by atoms with E-state index in [9.17, 15) is 0 Å². The van der Waals surface area contributed by atoms with Crippen molar-refractivity contribution in [3.8, 4) is 101 Å². The van der Waals surface area contributed by atoms with E-state index in [1.54, 1.807) is 33.2 Å². The van der Waals surface area contributed by atoms with Gasteiger partial charge in [0, 0.05) is 107 Å². The van der Waals surface area contributed by atoms with E-state index in [1.807, 2.05) is 146 Å². The first-order chi connectivity index (χ1) is 42.4. The predicted molar refractivity (Wildman–Crippen MR) is 340 cm³/mol. The van der Waals surface area contributed by atoms with Gasteiger partial charge in [-0.25, -0.2) is 4.68 Å². The number of thiophene rings is 1. The normalized spacial score (nSPS) is 12.1. The van der Waals surface area contributed by atoms with Crippen molar-refractivity contribution in [2.45, 2.75) is 38.5 Å². The van der Waals surface area contributed by atoms with Crippen molar-refractivity contribution in [1.29, 1.82) is 0 Å². The van der Waals surface area contributed by atoms with Crippen LogP contribution in [0.2, 0.25) is 0 Å². The van der Waals surface area contributed by atoms with E-state index in [0.29, 0.717) is 11.6 Å². The van der Waals surface area contributed by atoms with E-state index in [0.717, 1.165) is 61.2 Å². The van der Waals surface area contributed by atoms with E-state index in [1.165, 1.54) is 54.9 Å². The van der Waals surface area contributed by atoms with E-state index in [-0.39, 0.29) is 92.2 Å². The van der Waals surface area contributed by atoms with Gasteiger partial charge >= 0.3 is 0 Å². The number of aryl methyl sites for hydroxylation is 2. The minimum absolute atomic E-state index is 0. The molecule has 2 aliphatic rings. The van der Waals surface area contributed by atoms with Gasteiger partial charge in [-0.1, -0.05) is 180 Å². The molecule has 0 atom stereocenters. The fraction of sp³-hybridized carbons (Fsp3) is 0.111. The van der Waals surface area contributed by atoms with Gasteiger partial charge in [0.15, 0.2) is 5.69 Å². The fourth-order valence-electron chi connectivity index (χ4n) is 11.1. The van der Waals surface area contributed by atoms with E-state index in [2.05, 4.69) is 194 Å². The zero-order valence-electron chi connectivity index (χ0n) is 50.0. The molecule has 91 heavy (non-hydrogen) atoms. The standard InChI is InChI=1S/C20H14N3.2C18H16N3.C16H10N5S.3Ir.Pt/c1-3-8-16(9-4-1)17-10-7-11-18(14-17)20-21-15-23(22-20)19-12-5-2-6-13-19;2*1-18(2)15-7-5-4-6-13(15)14-9-8-12(10-16(14)18)17-11-21(3)20-19-17;1-2-9-17-14(7-1)12-5-3-6-13(11-12)16-18-20-21(19-16)15-8-4-10-22-15;;;;/h1-10,12-15H;2*4-7,9-11H,1-3H3;1-5,7-11H;;;;/q4*-1;;;;/p+1. The second kappa shape index (κ2) is 29.3. The fourth-order valence-corrected chi connectivity index (χ4v) is 11.8. The predicted octanol–water partition coefficient (Wildman–Crippen LogP) is 14.2. The van der Waals surface area contributed by atoms with Crippen molar-refractivity contribution in [2.24, 2.45) is 14.1 Å². The molecule has 2 aliphatic carbocycles. The van der Waals surface area contributed by atoms with E-state index < -0.39 is 0 Å². The summed E-state index contributed by atoms with van der Waals surface area (Å²) in [5.74, 6) is 1.22. The van der Waals surface area contributed by atoms with Crippen LogP contribution in [-0.2, 0) is 106 Å². The van der Waals surface area contributed by atoms with Crippen LogP contribution in [0.15, 0.2) is 230 Å². The maximum Gasteiger partial charge on any atom is 0.167 e. The first-order valence-electron chi connectivity index (χ1n) is 28.4. The number of hydrogen-bond acceptors (Lipinski definition) is 10. The number of nitrogens with one attached hydrogen (secondary N) is 1. The smallest absolute Gasteiger partial charge is 0.167 e. The summed E-state index contributed by atoms with van der Waals surface area (Å²) in [6, 6.07) is 80.8. The molecule has 1 N–H and O–H groups in total. The molecule has 14 aromatic rings. The van der Waals surface area contributed by atoms with Crippen LogP contribution < -0.4 is 4.68 Å². The number of benzene rings is 8. The maximum atomic E-state index is 4.56. The molecule has 14 nitrogen and oxygen atoms in total. The van der Waals surface area contributed by atoms with Gasteiger partial charge in [0.25, 0.3) is 0 Å². The first kappa shape index (κ1) is 67.1. The Labute approximate surface area is 587 Å². The van der Waals surface area contributed by atoms with Crippen molar-refractivity contribution >= 4 is 11.3 Å². The molecular formula is C72H57Ir3N14PtS-3. The number of pyridine rings is 1. The van der Waals surface area contributed by atoms with Gasteiger partial charge in [0.05, 0.1) is 24.3 Å². The molecule has 0 aliphatic heterocycles. The number of nitrogens with zero attached hydrogens (tertiary/aromatic N) is 13. The third-order valence-corrected chi connectivity index (χ3v) is 16.4. The van der Waals surface area contributed by atoms with Crippen molar-refractivity contribution in [3.63, 3.8) is 0 Å². The summed E-state index contributed by atoms with van der Waals surface area (Å²) >= 11 is 1.56. The molecule has 0 bridgehead atoms. The molecule has 0 unspecified atom stereocenters. The van der Waals surface area contributed by atoms with Crippen LogP contribution in [0.5, 0.6) is 0 Å². The molecule has 0 amide bonds. The largest absolute Gasteiger partial charge is 0.265 e. The second-order valence-corrected chi connectivity index (χ2v) is 23.0. The molecule has 461 valence electrons. The zero-order chi connectivity index (χ0) is 59.5. The summed E-state index contributed by atoms with van der Waals surface area (Å²) in [5.41, 5.74) is 21.4. The average Bonchev–Trinajstić information content (AvgIpc) is 1.60. The summed E-state index contributed by atoms with van der Waals surface area (Å²) in [4.78, 5) is 10.3. The average molecular weight is 1920 g/mol. The Morgan fingerprint density at radius 3 is 1.69 bits per heavy atom. The van der Waals surface area contributed by atoms with Gasteiger partial charge in [-0.05, 0) is 74.4 Å². The Kier molecular flexibility index (Phi) is 21.7. The molecule has 6 aromatic heterocycles. The zero-order valence-corrected chi connectivity index (χ0v) is 60.3. The third kappa shape index (κ3) is 14.3. The quantitative estimate of drug-likeness (QED) is 0.116. The summed E-state index contributed by atoms with van der Waals surface area (Å²) in [6.07, 6.45) is 7.41. The summed E-state index contributed by atoms with van der Waals surface area (Å²) < 4.78 is 5.34. The molecule has 6 heterocycles. The van der Waals surface area contributed by atoms with Gasteiger partial charge in [-0.15, -0.1) is 134 Å². The Bertz CT molecular complexity index is 4560. The van der Waals surface area contributed by atoms with Crippen LogP contribution in [0, 0.1) is 24.3 Å². The summed E-state index contributed by atoms with van der Waals surface area (Å²) in [7, 11) is 3.81. The van der Waals surface area contributed by atoms with Gasteiger partial charge < -0.3 is 0 Å². The third-order valence-electron chi connectivity index (χ3n) is 15.6.